The fourth-order valence-electron chi connectivity index (χ4n) is 1.86. The average molecular weight is 286 g/mol. The number of nitrogens with two attached hydrogens (primary N) is 1. The van der Waals surface area contributed by atoms with Gasteiger partial charge in [0.2, 0.25) is 0 Å². The molecule has 1 aromatic carbocycles. The first kappa shape index (κ1) is 11.5. The van der Waals surface area contributed by atoms with Gasteiger partial charge >= 0.3 is 0 Å². The molecule has 82 valence electrons. The van der Waals surface area contributed by atoms with Gasteiger partial charge in [0.1, 0.15) is 0 Å². The molecule has 0 unspecified atom stereocenters. The van der Waals surface area contributed by atoms with Crippen molar-refractivity contribution in [3.05, 3.63) is 28.2 Å². The van der Waals surface area contributed by atoms with Crippen LogP contribution in [0.15, 0.2) is 27.6 Å². The van der Waals surface area contributed by atoms with Crippen LogP contribution >= 0.6 is 27.7 Å². The van der Waals surface area contributed by atoms with Crippen LogP contribution in [0.2, 0.25) is 0 Å². The highest BCUT2D eigenvalue weighted by Crippen LogP contribution is 2.48. The molecule has 0 aromatic heterocycles. The van der Waals surface area contributed by atoms with Gasteiger partial charge in [-0.1, -0.05) is 13.0 Å². The molecule has 0 heterocycles. The standard InChI is InChI=1S/C12H16BrNS/c1-2-15-11-4-3-9(7-10(11)13)12(8-14)5-6-12/h3-4,7H,2,5-6,8,14H2,1H3. The molecule has 0 aliphatic heterocycles. The van der Waals surface area contributed by atoms with E-state index < -0.39 is 0 Å². The molecule has 15 heavy (non-hydrogen) atoms. The van der Waals surface area contributed by atoms with Gasteiger partial charge in [-0.3, -0.25) is 0 Å². The van der Waals surface area contributed by atoms with Crippen LogP contribution in [0, 0.1) is 0 Å². The van der Waals surface area contributed by atoms with Crippen molar-refractivity contribution in [3.8, 4) is 0 Å². The van der Waals surface area contributed by atoms with Crippen LogP contribution in [0.25, 0.3) is 0 Å². The van der Waals surface area contributed by atoms with Crippen LogP contribution < -0.4 is 5.73 Å². The SMILES string of the molecule is CCSc1ccc(C2(CN)CC2)cc1Br. The first-order chi connectivity index (χ1) is 7.22. The molecule has 3 heteroatoms. The van der Waals surface area contributed by atoms with Crippen molar-refractivity contribution in [1.29, 1.82) is 0 Å². The Hall–Kier alpha value is 0.01000. The van der Waals surface area contributed by atoms with Gasteiger partial charge in [-0.2, -0.15) is 0 Å². The zero-order chi connectivity index (χ0) is 10.9. The molecule has 0 saturated heterocycles. The zero-order valence-corrected chi connectivity index (χ0v) is 11.3. The summed E-state index contributed by atoms with van der Waals surface area (Å²) in [5.74, 6) is 1.11. The lowest BCUT2D eigenvalue weighted by molar-refractivity contribution is 0.703. The quantitative estimate of drug-likeness (QED) is 0.857. The molecule has 1 saturated carbocycles. The van der Waals surface area contributed by atoms with Crippen molar-refractivity contribution in [2.24, 2.45) is 5.73 Å². The van der Waals surface area contributed by atoms with E-state index in [1.807, 2.05) is 11.8 Å². The fourth-order valence-corrected chi connectivity index (χ4v) is 3.26. The Balaban J connectivity index is 2.25. The minimum absolute atomic E-state index is 0.304. The maximum absolute atomic E-state index is 5.83. The summed E-state index contributed by atoms with van der Waals surface area (Å²) in [6.45, 7) is 2.95. The van der Waals surface area contributed by atoms with Crippen LogP contribution in [0.3, 0.4) is 0 Å². The summed E-state index contributed by atoms with van der Waals surface area (Å²) >= 11 is 5.51. The molecular weight excluding hydrogens is 270 g/mol. The average Bonchev–Trinajstić information content (AvgIpc) is 3.02. The minimum atomic E-state index is 0.304. The Bertz CT molecular complexity index is 361. The Labute approximate surface area is 104 Å². The zero-order valence-electron chi connectivity index (χ0n) is 8.92. The van der Waals surface area contributed by atoms with E-state index in [4.69, 9.17) is 5.73 Å². The number of hydrogen-bond donors (Lipinski definition) is 1. The molecule has 2 rings (SSSR count). The maximum Gasteiger partial charge on any atom is 0.0314 e. The summed E-state index contributed by atoms with van der Waals surface area (Å²) in [6.07, 6.45) is 2.49. The van der Waals surface area contributed by atoms with E-state index in [-0.39, 0.29) is 0 Å². The second-order valence-electron chi connectivity index (χ2n) is 4.06. The summed E-state index contributed by atoms with van der Waals surface area (Å²) in [6, 6.07) is 6.70. The largest absolute Gasteiger partial charge is 0.330 e. The molecule has 0 atom stereocenters. The molecule has 1 fully saturated rings. The predicted molar refractivity (Wildman–Crippen MR) is 70.5 cm³/mol. The molecule has 0 bridgehead atoms. The van der Waals surface area contributed by atoms with E-state index >= 15 is 0 Å². The van der Waals surface area contributed by atoms with Crippen molar-refractivity contribution in [3.63, 3.8) is 0 Å². The predicted octanol–water partition coefficient (Wildman–Crippen LogP) is 3.55. The van der Waals surface area contributed by atoms with E-state index in [0.717, 1.165) is 12.3 Å². The van der Waals surface area contributed by atoms with Gasteiger partial charge in [-0.05, 0) is 52.2 Å². The van der Waals surface area contributed by atoms with Crippen LogP contribution in [-0.2, 0) is 5.41 Å². The number of benzene rings is 1. The van der Waals surface area contributed by atoms with Gasteiger partial charge in [0.25, 0.3) is 0 Å². The number of thioether (sulfide) groups is 1. The second kappa shape index (κ2) is 4.48. The molecule has 1 aliphatic rings. The van der Waals surface area contributed by atoms with E-state index in [1.54, 1.807) is 0 Å². The monoisotopic (exact) mass is 285 g/mol. The molecule has 1 nitrogen and oxygen atoms in total. The fraction of sp³-hybridized carbons (Fsp3) is 0.500. The van der Waals surface area contributed by atoms with Gasteiger partial charge in [0, 0.05) is 21.3 Å². The van der Waals surface area contributed by atoms with Crippen molar-refractivity contribution in [2.75, 3.05) is 12.3 Å². The Morgan fingerprint density at radius 3 is 2.67 bits per heavy atom. The normalized spacial score (nSPS) is 17.8. The molecule has 0 amide bonds. The highest BCUT2D eigenvalue weighted by atomic mass is 79.9. The van der Waals surface area contributed by atoms with Crippen LogP contribution in [0.4, 0.5) is 0 Å². The summed E-state index contributed by atoms with van der Waals surface area (Å²) in [7, 11) is 0. The summed E-state index contributed by atoms with van der Waals surface area (Å²) < 4.78 is 1.21. The maximum atomic E-state index is 5.83. The van der Waals surface area contributed by atoms with Gasteiger partial charge in [-0.15, -0.1) is 11.8 Å². The van der Waals surface area contributed by atoms with Crippen molar-refractivity contribution in [1.82, 2.24) is 0 Å². The van der Waals surface area contributed by atoms with Gasteiger partial charge in [-0.25, -0.2) is 0 Å². The first-order valence-corrected chi connectivity index (χ1v) is 7.12. The van der Waals surface area contributed by atoms with Crippen molar-refractivity contribution >= 4 is 27.7 Å². The molecule has 0 spiro atoms. The van der Waals surface area contributed by atoms with E-state index in [9.17, 15) is 0 Å². The lowest BCUT2D eigenvalue weighted by Gasteiger charge is -2.14. The summed E-state index contributed by atoms with van der Waals surface area (Å²) in [5, 5.41) is 0. The molecule has 1 aliphatic carbocycles. The number of hydrogen-bond acceptors (Lipinski definition) is 2. The number of rotatable bonds is 4. The molecular formula is C12H16BrNS. The highest BCUT2D eigenvalue weighted by Gasteiger charge is 2.42. The second-order valence-corrected chi connectivity index (χ2v) is 6.22. The molecule has 0 radical (unpaired) electrons. The van der Waals surface area contributed by atoms with Crippen molar-refractivity contribution in [2.45, 2.75) is 30.1 Å². The van der Waals surface area contributed by atoms with Crippen LogP contribution in [-0.4, -0.2) is 12.3 Å². The summed E-state index contributed by atoms with van der Waals surface area (Å²) in [5.41, 5.74) is 7.53. The van der Waals surface area contributed by atoms with Crippen LogP contribution in [0.1, 0.15) is 25.3 Å². The Kier molecular flexibility index (Phi) is 3.43. The van der Waals surface area contributed by atoms with E-state index in [1.165, 1.54) is 27.8 Å². The lowest BCUT2D eigenvalue weighted by atomic mass is 9.96. The third-order valence-corrected chi connectivity index (χ3v) is 4.96. The van der Waals surface area contributed by atoms with E-state index in [0.29, 0.717) is 5.41 Å². The minimum Gasteiger partial charge on any atom is -0.330 e. The van der Waals surface area contributed by atoms with Crippen LogP contribution in [0.5, 0.6) is 0 Å². The summed E-state index contributed by atoms with van der Waals surface area (Å²) in [4.78, 5) is 1.33. The smallest absolute Gasteiger partial charge is 0.0314 e. The van der Waals surface area contributed by atoms with E-state index in [2.05, 4.69) is 41.1 Å². The Morgan fingerprint density at radius 2 is 2.20 bits per heavy atom. The lowest BCUT2D eigenvalue weighted by Crippen LogP contribution is -2.19. The van der Waals surface area contributed by atoms with Gasteiger partial charge in [0.05, 0.1) is 0 Å². The highest BCUT2D eigenvalue weighted by molar-refractivity contribution is 9.10. The Morgan fingerprint density at radius 1 is 1.47 bits per heavy atom. The third-order valence-electron chi connectivity index (χ3n) is 3.09. The van der Waals surface area contributed by atoms with Gasteiger partial charge in [0.15, 0.2) is 0 Å². The third kappa shape index (κ3) is 2.24. The topological polar surface area (TPSA) is 26.0 Å². The molecule has 2 N–H and O–H groups in total. The molecule has 1 aromatic rings. The first-order valence-electron chi connectivity index (χ1n) is 5.35. The number of halogens is 1. The van der Waals surface area contributed by atoms with Crippen molar-refractivity contribution < 1.29 is 0 Å². The van der Waals surface area contributed by atoms with Gasteiger partial charge < -0.3 is 5.73 Å².